The highest BCUT2D eigenvalue weighted by Gasteiger charge is 2.30. The molecule has 5 nitrogen and oxygen atoms in total. The monoisotopic (exact) mass is 414 g/mol. The number of aliphatic imine (C=N–C) groups is 1. The number of benzene rings is 2. The van der Waals surface area contributed by atoms with E-state index in [2.05, 4.69) is 4.99 Å². The Bertz CT molecular complexity index is 985. The van der Waals surface area contributed by atoms with E-state index < -0.39 is 5.97 Å². The quantitative estimate of drug-likeness (QED) is 0.513. The lowest BCUT2D eigenvalue weighted by Gasteiger charge is -2.09. The number of amides is 1. The summed E-state index contributed by atoms with van der Waals surface area (Å²) in [4.78, 5) is 31.2. The average molecular weight is 415 g/mol. The molecule has 0 unspecified atom stereocenters. The molecule has 0 N–H and O–H groups in total. The lowest BCUT2D eigenvalue weighted by molar-refractivity contribution is -0.121. The van der Waals surface area contributed by atoms with Gasteiger partial charge in [0, 0.05) is 12.1 Å². The number of carbonyl (C=O) groups excluding carboxylic acids is 2. The fourth-order valence-electron chi connectivity index (χ4n) is 2.48. The van der Waals surface area contributed by atoms with E-state index in [1.54, 1.807) is 57.3 Å². The fourth-order valence-corrected chi connectivity index (χ4v) is 3.65. The summed E-state index contributed by atoms with van der Waals surface area (Å²) < 4.78 is 5.22. The molecule has 1 aliphatic heterocycles. The second-order valence-electron chi connectivity index (χ2n) is 6.40. The van der Waals surface area contributed by atoms with Crippen molar-refractivity contribution in [3.05, 3.63) is 69.6 Å². The summed E-state index contributed by atoms with van der Waals surface area (Å²) in [6.07, 6.45) is 1.55. The van der Waals surface area contributed by atoms with Crippen LogP contribution in [-0.4, -0.2) is 35.1 Å². The van der Waals surface area contributed by atoms with Crippen molar-refractivity contribution in [1.29, 1.82) is 0 Å². The number of ether oxygens (including phenoxy) is 1. The third-order valence-corrected chi connectivity index (χ3v) is 5.25. The minimum absolute atomic E-state index is 0.154. The van der Waals surface area contributed by atoms with Crippen LogP contribution in [0.3, 0.4) is 0 Å². The highest BCUT2D eigenvalue weighted by molar-refractivity contribution is 8.18. The van der Waals surface area contributed by atoms with Gasteiger partial charge >= 0.3 is 5.97 Å². The molecule has 0 spiro atoms. The summed E-state index contributed by atoms with van der Waals surface area (Å²) in [7, 11) is 1.67. The molecule has 0 radical (unpaired) electrons. The number of rotatable bonds is 4. The van der Waals surface area contributed by atoms with Crippen molar-refractivity contribution in [2.75, 3.05) is 7.05 Å². The molecular weight excluding hydrogens is 396 g/mol. The minimum atomic E-state index is -0.403. The third kappa shape index (κ3) is 4.64. The molecule has 0 aromatic heterocycles. The molecule has 1 heterocycles. The largest absolute Gasteiger partial charge is 0.459 e. The Morgan fingerprint density at radius 3 is 2.68 bits per heavy atom. The summed E-state index contributed by atoms with van der Waals surface area (Å²) in [6.45, 7) is 3.59. The molecular formula is C21H19ClN2O3S. The summed E-state index contributed by atoms with van der Waals surface area (Å²) >= 11 is 7.45. The zero-order chi connectivity index (χ0) is 20.3. The number of amidine groups is 1. The molecule has 28 heavy (non-hydrogen) atoms. The van der Waals surface area contributed by atoms with Crippen molar-refractivity contribution in [1.82, 2.24) is 4.90 Å². The molecule has 1 saturated heterocycles. The van der Waals surface area contributed by atoms with Crippen molar-refractivity contribution < 1.29 is 14.3 Å². The molecule has 0 aliphatic carbocycles. The number of esters is 1. The van der Waals surface area contributed by atoms with Crippen LogP contribution in [0.2, 0.25) is 5.02 Å². The lowest BCUT2D eigenvalue weighted by atomic mass is 10.2. The van der Waals surface area contributed by atoms with E-state index >= 15 is 0 Å². The third-order valence-electron chi connectivity index (χ3n) is 3.84. The maximum Gasteiger partial charge on any atom is 0.338 e. The lowest BCUT2D eigenvalue weighted by Crippen LogP contribution is -2.23. The van der Waals surface area contributed by atoms with Gasteiger partial charge in [0.1, 0.15) is 0 Å². The van der Waals surface area contributed by atoms with Crippen LogP contribution >= 0.6 is 23.4 Å². The summed E-state index contributed by atoms with van der Waals surface area (Å²) in [5.41, 5.74) is 1.76. The number of likely N-dealkylation sites (N-methyl/N-ethyl adjacent to an activating group) is 1. The van der Waals surface area contributed by atoms with E-state index in [0.29, 0.717) is 26.3 Å². The predicted molar refractivity (Wildman–Crippen MR) is 114 cm³/mol. The number of halogens is 1. The maximum atomic E-state index is 12.6. The molecule has 0 saturated carbocycles. The SMILES string of the molecule is CC(C)OC(=O)c1cccc(N=C2S/C(=C/c3ccccc3Cl)C(=O)N2C)c1. The van der Waals surface area contributed by atoms with Crippen molar-refractivity contribution >= 4 is 52.2 Å². The summed E-state index contributed by atoms with van der Waals surface area (Å²) in [6, 6.07) is 14.2. The Morgan fingerprint density at radius 1 is 1.21 bits per heavy atom. The predicted octanol–water partition coefficient (Wildman–Crippen LogP) is 5.14. The molecule has 1 amide bonds. The van der Waals surface area contributed by atoms with Gasteiger partial charge in [-0.05, 0) is 61.5 Å². The van der Waals surface area contributed by atoms with Gasteiger partial charge in [-0.1, -0.05) is 35.9 Å². The molecule has 2 aromatic carbocycles. The standard InChI is InChI=1S/C21H19ClN2O3S/c1-13(2)27-20(26)15-8-6-9-16(11-15)23-21-24(3)19(25)18(28-21)12-14-7-4-5-10-17(14)22/h4-13H,1-3H3/b18-12+,23-21?. The first kappa shape index (κ1) is 20.2. The van der Waals surface area contributed by atoms with Crippen LogP contribution in [0.1, 0.15) is 29.8 Å². The van der Waals surface area contributed by atoms with Crippen LogP contribution in [0.15, 0.2) is 58.4 Å². The van der Waals surface area contributed by atoms with Gasteiger partial charge in [0.2, 0.25) is 0 Å². The molecule has 1 fully saturated rings. The van der Waals surface area contributed by atoms with Gasteiger partial charge in [0.25, 0.3) is 5.91 Å². The Labute approximate surface area is 173 Å². The number of thioether (sulfide) groups is 1. The summed E-state index contributed by atoms with van der Waals surface area (Å²) in [5, 5.41) is 1.10. The van der Waals surface area contributed by atoms with Gasteiger partial charge in [-0.25, -0.2) is 9.79 Å². The second kappa shape index (κ2) is 8.63. The maximum absolute atomic E-state index is 12.6. The fraction of sp³-hybridized carbons (Fsp3) is 0.190. The van der Waals surface area contributed by atoms with Crippen LogP contribution in [0.5, 0.6) is 0 Å². The second-order valence-corrected chi connectivity index (χ2v) is 7.81. The van der Waals surface area contributed by atoms with Crippen molar-refractivity contribution in [3.8, 4) is 0 Å². The number of nitrogens with zero attached hydrogens (tertiary/aromatic N) is 2. The van der Waals surface area contributed by atoms with E-state index in [4.69, 9.17) is 16.3 Å². The van der Waals surface area contributed by atoms with Gasteiger partial charge in [-0.2, -0.15) is 0 Å². The van der Waals surface area contributed by atoms with Crippen LogP contribution in [-0.2, 0) is 9.53 Å². The number of carbonyl (C=O) groups is 2. The van der Waals surface area contributed by atoms with Crippen LogP contribution in [0.25, 0.3) is 6.08 Å². The Morgan fingerprint density at radius 2 is 1.96 bits per heavy atom. The Balaban J connectivity index is 1.86. The first-order valence-electron chi connectivity index (χ1n) is 8.67. The summed E-state index contributed by atoms with van der Waals surface area (Å²) in [5.74, 6) is -0.557. The first-order chi connectivity index (χ1) is 13.3. The number of hydrogen-bond acceptors (Lipinski definition) is 5. The first-order valence-corrected chi connectivity index (χ1v) is 9.86. The topological polar surface area (TPSA) is 59.0 Å². The Kier molecular flexibility index (Phi) is 6.21. The smallest absolute Gasteiger partial charge is 0.338 e. The van der Waals surface area contributed by atoms with E-state index in [0.717, 1.165) is 5.56 Å². The van der Waals surface area contributed by atoms with E-state index in [9.17, 15) is 9.59 Å². The van der Waals surface area contributed by atoms with Crippen molar-refractivity contribution in [3.63, 3.8) is 0 Å². The molecule has 0 atom stereocenters. The van der Waals surface area contributed by atoms with Crippen LogP contribution < -0.4 is 0 Å². The number of hydrogen-bond donors (Lipinski definition) is 0. The zero-order valence-corrected chi connectivity index (χ0v) is 17.3. The van der Waals surface area contributed by atoms with Gasteiger partial charge in [-0.3, -0.25) is 9.69 Å². The van der Waals surface area contributed by atoms with Gasteiger partial charge < -0.3 is 4.74 Å². The van der Waals surface area contributed by atoms with Gasteiger partial charge in [0.05, 0.1) is 22.3 Å². The molecule has 144 valence electrons. The van der Waals surface area contributed by atoms with Crippen molar-refractivity contribution in [2.24, 2.45) is 4.99 Å². The van der Waals surface area contributed by atoms with E-state index in [-0.39, 0.29) is 12.0 Å². The molecule has 3 rings (SSSR count). The Hall–Kier alpha value is -2.57. The highest BCUT2D eigenvalue weighted by Crippen LogP contribution is 2.34. The highest BCUT2D eigenvalue weighted by atomic mass is 35.5. The normalized spacial score (nSPS) is 17.0. The van der Waals surface area contributed by atoms with Crippen LogP contribution in [0, 0.1) is 0 Å². The van der Waals surface area contributed by atoms with E-state index in [1.807, 2.05) is 18.2 Å². The van der Waals surface area contributed by atoms with E-state index in [1.165, 1.54) is 16.7 Å². The van der Waals surface area contributed by atoms with Crippen LogP contribution in [0.4, 0.5) is 5.69 Å². The molecule has 7 heteroatoms. The van der Waals surface area contributed by atoms with Crippen molar-refractivity contribution in [2.45, 2.75) is 20.0 Å². The molecule has 0 bridgehead atoms. The average Bonchev–Trinajstić information content (AvgIpc) is 2.91. The molecule has 1 aliphatic rings. The van der Waals surface area contributed by atoms with Gasteiger partial charge in [-0.15, -0.1) is 0 Å². The minimum Gasteiger partial charge on any atom is -0.459 e. The van der Waals surface area contributed by atoms with Gasteiger partial charge in [0.15, 0.2) is 5.17 Å². The molecule has 2 aromatic rings. The zero-order valence-electron chi connectivity index (χ0n) is 15.7.